The number of benzene rings is 2. The SMILES string of the molecule is CCCN(CCC(=O)O)C(=O)[C@H](CN(C)C)NC(=O)OCC1c2ccccc2-c2ccccc21. The summed E-state index contributed by atoms with van der Waals surface area (Å²) in [7, 11) is 3.61. The predicted octanol–water partition coefficient (Wildman–Crippen LogP) is 3.17. The third-order valence-electron chi connectivity index (χ3n) is 5.88. The topological polar surface area (TPSA) is 99.2 Å². The van der Waals surface area contributed by atoms with E-state index in [2.05, 4.69) is 17.4 Å². The van der Waals surface area contributed by atoms with Gasteiger partial charge in [-0.1, -0.05) is 55.5 Å². The van der Waals surface area contributed by atoms with Gasteiger partial charge in [0.2, 0.25) is 5.91 Å². The first-order valence-electron chi connectivity index (χ1n) is 11.6. The number of likely N-dealkylation sites (N-methyl/N-ethyl adjacent to an activating group) is 1. The van der Waals surface area contributed by atoms with Crippen LogP contribution in [0.3, 0.4) is 0 Å². The highest BCUT2D eigenvalue weighted by molar-refractivity contribution is 5.86. The van der Waals surface area contributed by atoms with E-state index < -0.39 is 18.1 Å². The minimum Gasteiger partial charge on any atom is -0.481 e. The van der Waals surface area contributed by atoms with Crippen LogP contribution in [0.4, 0.5) is 4.79 Å². The van der Waals surface area contributed by atoms with E-state index >= 15 is 0 Å². The number of aliphatic carboxylic acids is 1. The first-order chi connectivity index (χ1) is 16.3. The summed E-state index contributed by atoms with van der Waals surface area (Å²) in [6.45, 7) is 2.86. The Morgan fingerprint density at radius 3 is 2.12 bits per heavy atom. The highest BCUT2D eigenvalue weighted by Crippen LogP contribution is 2.44. The zero-order chi connectivity index (χ0) is 24.7. The van der Waals surface area contributed by atoms with Gasteiger partial charge in [-0.2, -0.15) is 0 Å². The number of hydrogen-bond donors (Lipinski definition) is 2. The number of carboxylic acids is 1. The lowest BCUT2D eigenvalue weighted by atomic mass is 9.98. The van der Waals surface area contributed by atoms with Crippen LogP contribution in [0.15, 0.2) is 48.5 Å². The van der Waals surface area contributed by atoms with Gasteiger partial charge in [0, 0.05) is 25.6 Å². The third kappa shape index (κ3) is 6.14. The van der Waals surface area contributed by atoms with E-state index in [0.717, 1.165) is 22.3 Å². The molecule has 182 valence electrons. The molecule has 0 aliphatic heterocycles. The highest BCUT2D eigenvalue weighted by atomic mass is 16.5. The lowest BCUT2D eigenvalue weighted by Crippen LogP contribution is -2.53. The van der Waals surface area contributed by atoms with Crippen LogP contribution in [-0.4, -0.2) is 79.3 Å². The van der Waals surface area contributed by atoms with Crippen molar-refractivity contribution in [1.82, 2.24) is 15.1 Å². The molecule has 34 heavy (non-hydrogen) atoms. The third-order valence-corrected chi connectivity index (χ3v) is 5.88. The van der Waals surface area contributed by atoms with Crippen molar-refractivity contribution in [2.24, 2.45) is 0 Å². The van der Waals surface area contributed by atoms with Crippen LogP contribution < -0.4 is 5.32 Å². The maximum absolute atomic E-state index is 13.1. The number of hydrogen-bond acceptors (Lipinski definition) is 5. The Hall–Kier alpha value is -3.39. The molecule has 0 saturated carbocycles. The molecule has 1 aliphatic carbocycles. The Labute approximate surface area is 200 Å². The van der Waals surface area contributed by atoms with Crippen LogP contribution in [0.5, 0.6) is 0 Å². The zero-order valence-corrected chi connectivity index (χ0v) is 20.0. The number of fused-ring (bicyclic) bond motifs is 3. The van der Waals surface area contributed by atoms with Crippen molar-refractivity contribution in [3.05, 3.63) is 59.7 Å². The summed E-state index contributed by atoms with van der Waals surface area (Å²) < 4.78 is 5.61. The van der Waals surface area contributed by atoms with Gasteiger partial charge in [-0.3, -0.25) is 9.59 Å². The molecule has 2 aromatic rings. The van der Waals surface area contributed by atoms with E-state index in [1.54, 1.807) is 19.0 Å². The van der Waals surface area contributed by atoms with Gasteiger partial charge in [-0.25, -0.2) is 4.79 Å². The molecule has 1 atom stereocenters. The predicted molar refractivity (Wildman–Crippen MR) is 130 cm³/mol. The monoisotopic (exact) mass is 467 g/mol. The normalized spacial score (nSPS) is 13.2. The van der Waals surface area contributed by atoms with Gasteiger partial charge in [-0.05, 0) is 42.8 Å². The Kier molecular flexibility index (Phi) is 8.65. The van der Waals surface area contributed by atoms with E-state index in [4.69, 9.17) is 9.84 Å². The maximum atomic E-state index is 13.1. The van der Waals surface area contributed by atoms with Gasteiger partial charge in [0.15, 0.2) is 0 Å². The van der Waals surface area contributed by atoms with Gasteiger partial charge < -0.3 is 25.0 Å². The Bertz CT molecular complexity index is 978. The van der Waals surface area contributed by atoms with E-state index in [0.29, 0.717) is 13.0 Å². The van der Waals surface area contributed by atoms with Crippen LogP contribution in [0, 0.1) is 0 Å². The fourth-order valence-corrected chi connectivity index (χ4v) is 4.39. The van der Waals surface area contributed by atoms with Crippen molar-refractivity contribution < 1.29 is 24.2 Å². The van der Waals surface area contributed by atoms with Gasteiger partial charge in [0.05, 0.1) is 6.42 Å². The number of nitrogens with one attached hydrogen (secondary N) is 1. The summed E-state index contributed by atoms with van der Waals surface area (Å²) in [6.07, 6.45) is -0.132. The standard InChI is InChI=1S/C26H33N3O5/c1-4-14-29(15-13-24(30)31)25(32)23(16-28(2)3)27-26(33)34-17-22-20-11-7-5-9-18(20)19-10-6-8-12-21(19)22/h5-12,22-23H,4,13-17H2,1-3H3,(H,27,33)(H,30,31)/t23-/m0/s1. The Morgan fingerprint density at radius 1 is 1.00 bits per heavy atom. The Morgan fingerprint density at radius 2 is 1.59 bits per heavy atom. The number of carboxylic acid groups (broad SMARTS) is 1. The fraction of sp³-hybridized carbons (Fsp3) is 0.423. The smallest absolute Gasteiger partial charge is 0.407 e. The Balaban J connectivity index is 1.68. The minimum atomic E-state index is -0.970. The summed E-state index contributed by atoms with van der Waals surface area (Å²) in [5.74, 6) is -1.36. The summed E-state index contributed by atoms with van der Waals surface area (Å²) in [5, 5.41) is 11.7. The molecule has 0 unspecified atom stereocenters. The summed E-state index contributed by atoms with van der Waals surface area (Å²) >= 11 is 0. The molecule has 3 rings (SSSR count). The molecule has 2 amide bonds. The molecule has 0 aromatic heterocycles. The number of nitrogens with zero attached hydrogens (tertiary/aromatic N) is 2. The van der Waals surface area contributed by atoms with Gasteiger partial charge in [-0.15, -0.1) is 0 Å². The van der Waals surface area contributed by atoms with Crippen LogP contribution in [-0.2, 0) is 14.3 Å². The summed E-state index contributed by atoms with van der Waals surface area (Å²) in [5.41, 5.74) is 4.50. The first-order valence-corrected chi connectivity index (χ1v) is 11.6. The van der Waals surface area contributed by atoms with E-state index in [1.165, 1.54) is 4.90 Å². The molecule has 0 fully saturated rings. The molecule has 0 bridgehead atoms. The van der Waals surface area contributed by atoms with Crippen LogP contribution in [0.2, 0.25) is 0 Å². The van der Waals surface area contributed by atoms with Crippen LogP contribution >= 0.6 is 0 Å². The number of rotatable bonds is 11. The molecule has 8 heteroatoms. The molecule has 0 heterocycles. The van der Waals surface area contributed by atoms with Gasteiger partial charge >= 0.3 is 12.1 Å². The number of carbonyl (C=O) groups is 3. The van der Waals surface area contributed by atoms with Crippen molar-refractivity contribution in [2.75, 3.05) is 40.3 Å². The number of ether oxygens (including phenoxy) is 1. The molecular weight excluding hydrogens is 434 g/mol. The summed E-state index contributed by atoms with van der Waals surface area (Å²) in [6, 6.07) is 15.3. The van der Waals surface area contributed by atoms with Crippen molar-refractivity contribution in [2.45, 2.75) is 31.7 Å². The quantitative estimate of drug-likeness (QED) is 0.527. The number of amides is 2. The molecule has 2 aromatic carbocycles. The second-order valence-corrected chi connectivity index (χ2v) is 8.75. The molecule has 0 radical (unpaired) electrons. The number of carbonyl (C=O) groups excluding carboxylic acids is 2. The molecule has 0 spiro atoms. The van der Waals surface area contributed by atoms with Crippen molar-refractivity contribution in [3.8, 4) is 11.1 Å². The van der Waals surface area contributed by atoms with Crippen molar-refractivity contribution >= 4 is 18.0 Å². The summed E-state index contributed by atoms with van der Waals surface area (Å²) in [4.78, 5) is 40.2. The lowest BCUT2D eigenvalue weighted by molar-refractivity contribution is -0.139. The van der Waals surface area contributed by atoms with E-state index in [1.807, 2.05) is 43.3 Å². The molecule has 2 N–H and O–H groups in total. The second kappa shape index (κ2) is 11.7. The minimum absolute atomic E-state index is 0.0756. The molecule has 1 aliphatic rings. The molecule has 0 saturated heterocycles. The largest absolute Gasteiger partial charge is 0.481 e. The molecule has 8 nitrogen and oxygen atoms in total. The van der Waals surface area contributed by atoms with Crippen molar-refractivity contribution in [3.63, 3.8) is 0 Å². The van der Waals surface area contributed by atoms with E-state index in [-0.39, 0.29) is 37.9 Å². The van der Waals surface area contributed by atoms with Gasteiger partial charge in [0.25, 0.3) is 0 Å². The van der Waals surface area contributed by atoms with Crippen LogP contribution in [0.1, 0.15) is 36.8 Å². The maximum Gasteiger partial charge on any atom is 0.407 e. The van der Waals surface area contributed by atoms with E-state index in [9.17, 15) is 14.4 Å². The van der Waals surface area contributed by atoms with Crippen LogP contribution in [0.25, 0.3) is 11.1 Å². The second-order valence-electron chi connectivity index (χ2n) is 8.75. The van der Waals surface area contributed by atoms with Gasteiger partial charge in [0.1, 0.15) is 12.6 Å². The first kappa shape index (κ1) is 25.2. The van der Waals surface area contributed by atoms with Crippen molar-refractivity contribution in [1.29, 1.82) is 0 Å². The average molecular weight is 468 g/mol. The zero-order valence-electron chi connectivity index (χ0n) is 20.0. The number of alkyl carbamates (subject to hydrolysis) is 1. The molecular formula is C26H33N3O5. The highest BCUT2D eigenvalue weighted by Gasteiger charge is 2.31. The lowest BCUT2D eigenvalue weighted by Gasteiger charge is -2.28. The average Bonchev–Trinajstić information content (AvgIpc) is 3.13. The fourth-order valence-electron chi connectivity index (χ4n) is 4.39.